The molecule has 2 rings (SSSR count). The fourth-order valence-electron chi connectivity index (χ4n) is 1.49. The van der Waals surface area contributed by atoms with Gasteiger partial charge in [-0.3, -0.25) is 0 Å². The number of hydrogen-bond donors (Lipinski definition) is 1. The Morgan fingerprint density at radius 3 is 2.83 bits per heavy atom. The van der Waals surface area contributed by atoms with Crippen molar-refractivity contribution in [3.63, 3.8) is 0 Å². The number of aromatic nitrogens is 1. The van der Waals surface area contributed by atoms with Gasteiger partial charge >= 0.3 is 0 Å². The van der Waals surface area contributed by atoms with Crippen LogP contribution in [0.2, 0.25) is 0 Å². The number of nitrogens with zero attached hydrogens (tertiary/aromatic N) is 1. The van der Waals surface area contributed by atoms with Crippen molar-refractivity contribution in [3.05, 3.63) is 58.4 Å². The lowest BCUT2D eigenvalue weighted by molar-refractivity contribution is 0.461. The van der Waals surface area contributed by atoms with Crippen LogP contribution >= 0.6 is 15.9 Å². The highest BCUT2D eigenvalue weighted by Crippen LogP contribution is 2.26. The molecule has 0 saturated heterocycles. The molecule has 0 atom stereocenters. The number of hydrogen-bond acceptors (Lipinski definition) is 3. The zero-order chi connectivity index (χ0) is 13.0. The molecule has 1 heterocycles. The molecule has 0 spiro atoms. The van der Waals surface area contributed by atoms with Crippen LogP contribution in [0.25, 0.3) is 6.08 Å². The summed E-state index contributed by atoms with van der Waals surface area (Å²) in [6.07, 6.45) is 2.58. The summed E-state index contributed by atoms with van der Waals surface area (Å²) in [6, 6.07) is 11.1. The van der Waals surface area contributed by atoms with Gasteiger partial charge in [-0.15, -0.1) is 0 Å². The van der Waals surface area contributed by atoms with Crippen LogP contribution in [0.15, 0.2) is 47.1 Å². The topological polar surface area (TPSA) is 42.4 Å². The largest absolute Gasteiger partial charge is 0.516 e. The first-order chi connectivity index (χ1) is 8.69. The highest BCUT2D eigenvalue weighted by Gasteiger charge is 2.02. The summed E-state index contributed by atoms with van der Waals surface area (Å²) in [5.41, 5.74) is 1.74. The van der Waals surface area contributed by atoms with Crippen molar-refractivity contribution >= 4 is 22.0 Å². The van der Waals surface area contributed by atoms with Crippen LogP contribution in [-0.4, -0.2) is 10.1 Å². The summed E-state index contributed by atoms with van der Waals surface area (Å²) in [5, 5.41) is 8.81. The maximum atomic E-state index is 8.81. The minimum atomic E-state index is 0.552. The van der Waals surface area contributed by atoms with Gasteiger partial charge in [0.15, 0.2) is 0 Å². The Hall–Kier alpha value is -1.81. The second kappa shape index (κ2) is 5.69. The molecule has 92 valence electrons. The SMILES string of the molecule is Cc1cccc(Oc2ccc(Br)c(/C=C/O)c2)n1. The lowest BCUT2D eigenvalue weighted by Gasteiger charge is -2.07. The van der Waals surface area contributed by atoms with Gasteiger partial charge in [0.05, 0.1) is 6.26 Å². The van der Waals surface area contributed by atoms with E-state index in [0.29, 0.717) is 11.6 Å². The van der Waals surface area contributed by atoms with Gasteiger partial charge in [0.2, 0.25) is 5.88 Å². The van der Waals surface area contributed by atoms with E-state index in [9.17, 15) is 0 Å². The Labute approximate surface area is 114 Å². The molecule has 1 N–H and O–H groups in total. The Morgan fingerprint density at radius 2 is 2.11 bits per heavy atom. The maximum absolute atomic E-state index is 8.81. The van der Waals surface area contributed by atoms with E-state index in [1.807, 2.05) is 37.3 Å². The fraction of sp³-hybridized carbons (Fsp3) is 0.0714. The number of aliphatic hydroxyl groups is 1. The third-order valence-electron chi connectivity index (χ3n) is 2.31. The lowest BCUT2D eigenvalue weighted by Crippen LogP contribution is -1.90. The van der Waals surface area contributed by atoms with Gasteiger partial charge < -0.3 is 9.84 Å². The molecule has 2 aromatic rings. The second-order valence-corrected chi connectivity index (χ2v) is 4.57. The summed E-state index contributed by atoms with van der Waals surface area (Å²) in [4.78, 5) is 4.27. The van der Waals surface area contributed by atoms with Crippen LogP contribution in [0.3, 0.4) is 0 Å². The predicted molar refractivity (Wildman–Crippen MR) is 74.9 cm³/mol. The molecule has 0 fully saturated rings. The first-order valence-electron chi connectivity index (χ1n) is 5.41. The molecule has 0 unspecified atom stereocenters. The molecule has 4 heteroatoms. The quantitative estimate of drug-likeness (QED) is 0.851. The van der Waals surface area contributed by atoms with E-state index in [-0.39, 0.29) is 0 Å². The average molecular weight is 306 g/mol. The summed E-state index contributed by atoms with van der Waals surface area (Å²) in [5.74, 6) is 1.22. The van der Waals surface area contributed by atoms with Gasteiger partial charge in [0, 0.05) is 16.2 Å². The van der Waals surface area contributed by atoms with Crippen molar-refractivity contribution in [1.29, 1.82) is 0 Å². The van der Waals surface area contributed by atoms with Crippen molar-refractivity contribution in [2.75, 3.05) is 0 Å². The number of benzene rings is 1. The van der Waals surface area contributed by atoms with E-state index in [0.717, 1.165) is 22.0 Å². The zero-order valence-corrected chi connectivity index (χ0v) is 11.4. The first-order valence-corrected chi connectivity index (χ1v) is 6.20. The van der Waals surface area contributed by atoms with Gasteiger partial charge in [-0.1, -0.05) is 22.0 Å². The first kappa shape index (κ1) is 12.6. The third kappa shape index (κ3) is 3.11. The third-order valence-corrected chi connectivity index (χ3v) is 3.03. The zero-order valence-electron chi connectivity index (χ0n) is 9.80. The van der Waals surface area contributed by atoms with Crippen LogP contribution in [0.4, 0.5) is 0 Å². The number of aryl methyl sites for hydroxylation is 1. The highest BCUT2D eigenvalue weighted by molar-refractivity contribution is 9.10. The molecule has 3 nitrogen and oxygen atoms in total. The Morgan fingerprint density at radius 1 is 1.28 bits per heavy atom. The Balaban J connectivity index is 2.27. The summed E-state index contributed by atoms with van der Waals surface area (Å²) in [7, 11) is 0. The minimum absolute atomic E-state index is 0.552. The van der Waals surface area contributed by atoms with Gasteiger partial charge in [-0.25, -0.2) is 4.98 Å². The van der Waals surface area contributed by atoms with Gasteiger partial charge in [0.1, 0.15) is 5.75 Å². The maximum Gasteiger partial charge on any atom is 0.219 e. The van der Waals surface area contributed by atoms with E-state index in [4.69, 9.17) is 9.84 Å². The lowest BCUT2D eigenvalue weighted by atomic mass is 10.2. The van der Waals surface area contributed by atoms with Crippen LogP contribution in [0.5, 0.6) is 11.6 Å². The number of rotatable bonds is 3. The minimum Gasteiger partial charge on any atom is -0.516 e. The monoisotopic (exact) mass is 305 g/mol. The van der Waals surface area contributed by atoms with Crippen molar-refractivity contribution in [1.82, 2.24) is 4.98 Å². The van der Waals surface area contributed by atoms with E-state index < -0.39 is 0 Å². The Kier molecular flexibility index (Phi) is 3.99. The standard InChI is InChI=1S/C14H12BrNO2/c1-10-3-2-4-14(16-10)18-12-5-6-13(15)11(9-12)7-8-17/h2-9,17H,1H3/b8-7+. The number of aliphatic hydroxyl groups excluding tert-OH is 1. The molecule has 1 aromatic heterocycles. The molecule has 0 aliphatic carbocycles. The van der Waals surface area contributed by atoms with Crippen molar-refractivity contribution in [2.24, 2.45) is 0 Å². The van der Waals surface area contributed by atoms with Crippen molar-refractivity contribution in [3.8, 4) is 11.6 Å². The molecule has 0 bridgehead atoms. The van der Waals surface area contributed by atoms with Crippen LogP contribution in [-0.2, 0) is 0 Å². The van der Waals surface area contributed by atoms with Crippen molar-refractivity contribution < 1.29 is 9.84 Å². The summed E-state index contributed by atoms with van der Waals surface area (Å²) < 4.78 is 6.54. The molecule has 0 radical (unpaired) electrons. The molecule has 0 aliphatic rings. The average Bonchev–Trinajstić information content (AvgIpc) is 2.34. The molecule has 0 aliphatic heterocycles. The highest BCUT2D eigenvalue weighted by atomic mass is 79.9. The molecule has 0 amide bonds. The molecule has 1 aromatic carbocycles. The fourth-order valence-corrected chi connectivity index (χ4v) is 1.87. The van der Waals surface area contributed by atoms with Crippen LogP contribution in [0.1, 0.15) is 11.3 Å². The van der Waals surface area contributed by atoms with Gasteiger partial charge in [0.25, 0.3) is 0 Å². The van der Waals surface area contributed by atoms with Crippen molar-refractivity contribution in [2.45, 2.75) is 6.92 Å². The van der Waals surface area contributed by atoms with Gasteiger partial charge in [-0.05, 0) is 42.8 Å². The van der Waals surface area contributed by atoms with E-state index in [2.05, 4.69) is 20.9 Å². The smallest absolute Gasteiger partial charge is 0.219 e. The predicted octanol–water partition coefficient (Wildman–Crippen LogP) is 4.47. The van der Waals surface area contributed by atoms with E-state index in [1.54, 1.807) is 12.1 Å². The van der Waals surface area contributed by atoms with E-state index in [1.165, 1.54) is 0 Å². The molecular formula is C14H12BrNO2. The van der Waals surface area contributed by atoms with Crippen LogP contribution < -0.4 is 4.74 Å². The summed E-state index contributed by atoms with van der Waals surface area (Å²) in [6.45, 7) is 1.91. The summed E-state index contributed by atoms with van der Waals surface area (Å²) >= 11 is 3.39. The number of ether oxygens (including phenoxy) is 1. The normalized spacial score (nSPS) is 10.8. The Bertz CT molecular complexity index is 582. The molecular weight excluding hydrogens is 294 g/mol. The molecule has 18 heavy (non-hydrogen) atoms. The molecule has 0 saturated carbocycles. The van der Waals surface area contributed by atoms with Crippen LogP contribution in [0, 0.1) is 6.92 Å². The number of halogens is 1. The van der Waals surface area contributed by atoms with E-state index >= 15 is 0 Å². The second-order valence-electron chi connectivity index (χ2n) is 3.72. The number of pyridine rings is 1. The van der Waals surface area contributed by atoms with Gasteiger partial charge in [-0.2, -0.15) is 0 Å².